The molecule has 1 amide bonds. The molecule has 1 saturated carbocycles. The summed E-state index contributed by atoms with van der Waals surface area (Å²) in [6, 6.07) is 3.99. The van der Waals surface area contributed by atoms with Crippen molar-refractivity contribution in [2.75, 3.05) is 23.3 Å². The fraction of sp³-hybridized carbons (Fsp3) is 0.667. The lowest BCUT2D eigenvalue weighted by Crippen LogP contribution is -2.19. The Morgan fingerprint density at radius 3 is 2.59 bits per heavy atom. The highest BCUT2D eigenvalue weighted by atomic mass is 16.1. The summed E-state index contributed by atoms with van der Waals surface area (Å²) in [5, 5.41) is 2.98. The third-order valence-corrected chi connectivity index (χ3v) is 4.97. The normalized spacial score (nSPS) is 19.4. The fourth-order valence-corrected chi connectivity index (χ4v) is 3.63. The second-order valence-electron chi connectivity index (χ2n) is 6.69. The van der Waals surface area contributed by atoms with Crippen molar-refractivity contribution in [2.45, 2.75) is 57.8 Å². The van der Waals surface area contributed by atoms with E-state index in [1.807, 2.05) is 12.1 Å². The third-order valence-electron chi connectivity index (χ3n) is 4.97. The Morgan fingerprint density at radius 2 is 1.91 bits per heavy atom. The Bertz CT molecular complexity index is 474. The van der Waals surface area contributed by atoms with Gasteiger partial charge in [-0.05, 0) is 37.3 Å². The van der Waals surface area contributed by atoms with Crippen LogP contribution in [0.2, 0.25) is 0 Å². The van der Waals surface area contributed by atoms with Crippen molar-refractivity contribution >= 4 is 17.4 Å². The van der Waals surface area contributed by atoms with Crippen molar-refractivity contribution in [3.8, 4) is 0 Å². The average molecular weight is 301 g/mol. The summed E-state index contributed by atoms with van der Waals surface area (Å²) in [4.78, 5) is 18.8. The van der Waals surface area contributed by atoms with Gasteiger partial charge in [0.15, 0.2) is 0 Å². The van der Waals surface area contributed by atoms with E-state index in [-0.39, 0.29) is 5.91 Å². The maximum Gasteiger partial charge on any atom is 0.224 e. The molecular formula is C18H27N3O. The molecular weight excluding hydrogens is 274 g/mol. The molecule has 3 rings (SSSR count). The number of carbonyl (C=O) groups is 1. The summed E-state index contributed by atoms with van der Waals surface area (Å²) in [5.41, 5.74) is 0.816. The van der Waals surface area contributed by atoms with Gasteiger partial charge >= 0.3 is 0 Å². The maximum absolute atomic E-state index is 12.0. The Morgan fingerprint density at radius 1 is 1.14 bits per heavy atom. The first-order valence-corrected chi connectivity index (χ1v) is 8.82. The van der Waals surface area contributed by atoms with Gasteiger partial charge in [-0.25, -0.2) is 4.98 Å². The van der Waals surface area contributed by atoms with Gasteiger partial charge in [-0.15, -0.1) is 0 Å². The zero-order valence-corrected chi connectivity index (χ0v) is 13.4. The summed E-state index contributed by atoms with van der Waals surface area (Å²) >= 11 is 0. The Kier molecular flexibility index (Phi) is 5.30. The molecule has 2 fully saturated rings. The summed E-state index contributed by atoms with van der Waals surface area (Å²) in [7, 11) is 0. The SMILES string of the molecule is O=C(CCC1CCCCC1)Nc1ccc(N2CCCC2)nc1. The van der Waals surface area contributed by atoms with E-state index in [1.165, 1.54) is 44.9 Å². The molecule has 0 radical (unpaired) electrons. The van der Waals surface area contributed by atoms with Crippen molar-refractivity contribution in [1.82, 2.24) is 4.98 Å². The lowest BCUT2D eigenvalue weighted by Gasteiger charge is -2.21. The van der Waals surface area contributed by atoms with Gasteiger partial charge in [0.05, 0.1) is 11.9 Å². The molecule has 1 aliphatic heterocycles. The smallest absolute Gasteiger partial charge is 0.224 e. The highest BCUT2D eigenvalue weighted by Crippen LogP contribution is 2.27. The predicted octanol–water partition coefficient (Wildman–Crippen LogP) is 3.98. The Hall–Kier alpha value is -1.58. The second kappa shape index (κ2) is 7.61. The van der Waals surface area contributed by atoms with Crippen LogP contribution in [0.1, 0.15) is 57.8 Å². The van der Waals surface area contributed by atoms with Crippen LogP contribution in [0.5, 0.6) is 0 Å². The van der Waals surface area contributed by atoms with Crippen LogP contribution in [0.3, 0.4) is 0 Å². The average Bonchev–Trinajstić information content (AvgIpc) is 3.09. The van der Waals surface area contributed by atoms with E-state index in [0.717, 1.165) is 36.9 Å². The highest BCUT2D eigenvalue weighted by molar-refractivity contribution is 5.90. The lowest BCUT2D eigenvalue weighted by molar-refractivity contribution is -0.116. The zero-order chi connectivity index (χ0) is 15.2. The van der Waals surface area contributed by atoms with E-state index < -0.39 is 0 Å². The first-order valence-electron chi connectivity index (χ1n) is 8.82. The molecule has 1 aromatic heterocycles. The van der Waals surface area contributed by atoms with Crippen molar-refractivity contribution in [3.63, 3.8) is 0 Å². The molecule has 4 nitrogen and oxygen atoms in total. The fourth-order valence-electron chi connectivity index (χ4n) is 3.63. The number of rotatable bonds is 5. The van der Waals surface area contributed by atoms with Crippen LogP contribution in [0.4, 0.5) is 11.5 Å². The van der Waals surface area contributed by atoms with Crippen LogP contribution in [-0.2, 0) is 4.79 Å². The number of aromatic nitrogens is 1. The first-order chi connectivity index (χ1) is 10.8. The van der Waals surface area contributed by atoms with E-state index in [9.17, 15) is 4.79 Å². The molecule has 22 heavy (non-hydrogen) atoms. The zero-order valence-electron chi connectivity index (χ0n) is 13.4. The molecule has 1 N–H and O–H groups in total. The Balaban J connectivity index is 1.44. The van der Waals surface area contributed by atoms with Crippen molar-refractivity contribution in [1.29, 1.82) is 0 Å². The van der Waals surface area contributed by atoms with E-state index in [4.69, 9.17) is 0 Å². The lowest BCUT2D eigenvalue weighted by atomic mass is 9.86. The molecule has 1 saturated heterocycles. The van der Waals surface area contributed by atoms with E-state index in [1.54, 1.807) is 6.20 Å². The molecule has 2 aliphatic rings. The van der Waals surface area contributed by atoms with Crippen LogP contribution in [0.25, 0.3) is 0 Å². The minimum Gasteiger partial charge on any atom is -0.357 e. The molecule has 1 aliphatic carbocycles. The summed E-state index contributed by atoms with van der Waals surface area (Å²) < 4.78 is 0. The quantitative estimate of drug-likeness (QED) is 0.894. The molecule has 120 valence electrons. The maximum atomic E-state index is 12.0. The monoisotopic (exact) mass is 301 g/mol. The van der Waals surface area contributed by atoms with E-state index in [0.29, 0.717) is 6.42 Å². The summed E-state index contributed by atoms with van der Waals surface area (Å²) in [5.74, 6) is 1.91. The number of nitrogens with one attached hydrogen (secondary N) is 1. The summed E-state index contributed by atoms with van der Waals surface area (Å²) in [6.45, 7) is 2.19. The highest BCUT2D eigenvalue weighted by Gasteiger charge is 2.15. The minimum absolute atomic E-state index is 0.126. The van der Waals surface area contributed by atoms with Crippen LogP contribution >= 0.6 is 0 Å². The number of nitrogens with zero attached hydrogens (tertiary/aromatic N) is 2. The molecule has 0 aromatic carbocycles. The van der Waals surface area contributed by atoms with Crippen molar-refractivity contribution in [3.05, 3.63) is 18.3 Å². The van der Waals surface area contributed by atoms with E-state index >= 15 is 0 Å². The van der Waals surface area contributed by atoms with E-state index in [2.05, 4.69) is 15.2 Å². The van der Waals surface area contributed by atoms with Gasteiger partial charge in [-0.3, -0.25) is 4.79 Å². The number of carbonyl (C=O) groups excluding carboxylic acids is 1. The topological polar surface area (TPSA) is 45.2 Å². The molecule has 0 unspecified atom stereocenters. The van der Waals surface area contributed by atoms with Gasteiger partial charge in [-0.2, -0.15) is 0 Å². The number of hydrogen-bond donors (Lipinski definition) is 1. The molecule has 2 heterocycles. The standard InChI is InChI=1S/C18H27N3O/c22-18(11-8-15-6-2-1-3-7-15)20-16-9-10-17(19-14-16)21-12-4-5-13-21/h9-10,14-15H,1-8,11-13H2,(H,20,22). The van der Waals surface area contributed by atoms with Crippen molar-refractivity contribution < 1.29 is 4.79 Å². The number of hydrogen-bond acceptors (Lipinski definition) is 3. The first kappa shape index (κ1) is 15.3. The Labute approximate surface area is 133 Å². The summed E-state index contributed by atoms with van der Waals surface area (Å²) in [6.07, 6.45) is 12.6. The minimum atomic E-state index is 0.126. The molecule has 1 aromatic rings. The number of amides is 1. The van der Waals surface area contributed by atoms with Crippen LogP contribution < -0.4 is 10.2 Å². The van der Waals surface area contributed by atoms with Gasteiger partial charge in [-0.1, -0.05) is 32.1 Å². The molecule has 4 heteroatoms. The second-order valence-corrected chi connectivity index (χ2v) is 6.69. The van der Waals surface area contributed by atoms with Gasteiger partial charge < -0.3 is 10.2 Å². The number of anilines is 2. The van der Waals surface area contributed by atoms with Crippen molar-refractivity contribution in [2.24, 2.45) is 5.92 Å². The van der Waals surface area contributed by atoms with Crippen LogP contribution in [0, 0.1) is 5.92 Å². The van der Waals surface area contributed by atoms with Gasteiger partial charge in [0.1, 0.15) is 5.82 Å². The van der Waals surface area contributed by atoms with Gasteiger partial charge in [0.25, 0.3) is 0 Å². The van der Waals surface area contributed by atoms with Gasteiger partial charge in [0.2, 0.25) is 5.91 Å². The van der Waals surface area contributed by atoms with Crippen LogP contribution in [-0.4, -0.2) is 24.0 Å². The third kappa shape index (κ3) is 4.21. The molecule has 0 bridgehead atoms. The molecule has 0 atom stereocenters. The largest absolute Gasteiger partial charge is 0.357 e. The van der Waals surface area contributed by atoms with Gasteiger partial charge in [0, 0.05) is 19.5 Å². The predicted molar refractivity (Wildman–Crippen MR) is 90.1 cm³/mol. The van der Waals surface area contributed by atoms with Crippen LogP contribution in [0.15, 0.2) is 18.3 Å². The number of pyridine rings is 1. The molecule has 0 spiro atoms.